The van der Waals surface area contributed by atoms with E-state index in [9.17, 15) is 24.0 Å². The molecular weight excluding hydrogens is 572 g/mol. The minimum atomic E-state index is -1.000. The molecule has 1 N–H and O–H groups in total. The zero-order valence-corrected chi connectivity index (χ0v) is 25.7. The number of ether oxygens (including phenoxy) is 5. The van der Waals surface area contributed by atoms with Gasteiger partial charge in [0.1, 0.15) is 12.3 Å². The van der Waals surface area contributed by atoms with E-state index in [1.54, 1.807) is 6.21 Å². The minimum absolute atomic E-state index is 0.00832. The quantitative estimate of drug-likeness (QED) is 0.234. The molecule has 1 unspecified atom stereocenters. The maximum atomic E-state index is 13.4. The van der Waals surface area contributed by atoms with Crippen molar-refractivity contribution in [2.45, 2.75) is 64.0 Å². The molecule has 0 saturated carbocycles. The van der Waals surface area contributed by atoms with Gasteiger partial charge in [-0.15, -0.1) is 0 Å². The Bertz CT molecular complexity index is 1440. The molecule has 12 heteroatoms. The Labute approximate surface area is 255 Å². The van der Waals surface area contributed by atoms with Crippen LogP contribution in [0.5, 0.6) is 0 Å². The highest BCUT2D eigenvalue weighted by Gasteiger charge is 2.38. The van der Waals surface area contributed by atoms with Crippen LogP contribution in [0.15, 0.2) is 46.5 Å². The molecule has 0 bridgehead atoms. The monoisotopic (exact) mass is 610 g/mol. The van der Waals surface area contributed by atoms with Gasteiger partial charge in [-0.1, -0.05) is 30.3 Å². The number of benzene rings is 1. The van der Waals surface area contributed by atoms with Crippen molar-refractivity contribution in [2.24, 2.45) is 4.99 Å². The smallest absolute Gasteiger partial charge is 0.355 e. The second kappa shape index (κ2) is 15.6. The van der Waals surface area contributed by atoms with Gasteiger partial charge in [-0.25, -0.2) is 4.79 Å². The van der Waals surface area contributed by atoms with Crippen LogP contribution in [0.2, 0.25) is 0 Å². The fraction of sp³-hybridized carbons (Fsp3) is 0.438. The summed E-state index contributed by atoms with van der Waals surface area (Å²) in [4.78, 5) is 70.3. The molecule has 0 fully saturated rings. The Kier molecular flexibility index (Phi) is 12.0. The van der Waals surface area contributed by atoms with Gasteiger partial charge in [0.05, 0.1) is 46.8 Å². The van der Waals surface area contributed by atoms with E-state index < -0.39 is 35.4 Å². The summed E-state index contributed by atoms with van der Waals surface area (Å²) in [5, 5.41) is 0. The van der Waals surface area contributed by atoms with Crippen LogP contribution in [0, 0.1) is 0 Å². The van der Waals surface area contributed by atoms with Crippen LogP contribution in [-0.4, -0.2) is 75.0 Å². The zero-order chi connectivity index (χ0) is 32.3. The van der Waals surface area contributed by atoms with Gasteiger partial charge < -0.3 is 28.7 Å². The zero-order valence-electron chi connectivity index (χ0n) is 25.7. The molecule has 44 heavy (non-hydrogen) atoms. The van der Waals surface area contributed by atoms with Gasteiger partial charge in [0.2, 0.25) is 0 Å². The van der Waals surface area contributed by atoms with Crippen molar-refractivity contribution in [3.63, 3.8) is 0 Å². The Balaban J connectivity index is 2.07. The summed E-state index contributed by atoms with van der Waals surface area (Å²) in [6, 6.07) is 9.14. The SMILES string of the molecule is COC(=O)CCC1=C(CC(=O)OC)C(C)(Cc2[nH]c(C(=O)OCc3ccccc3)c(CCC(=O)OC)c2CC(=O)OC)N=C1. The molecule has 1 aliphatic rings. The molecular formula is C32H38N2O10. The van der Waals surface area contributed by atoms with Crippen LogP contribution >= 0.6 is 0 Å². The van der Waals surface area contributed by atoms with Crippen LogP contribution in [0.4, 0.5) is 0 Å². The lowest BCUT2D eigenvalue weighted by Gasteiger charge is -2.26. The normalized spacial score (nSPS) is 15.6. The largest absolute Gasteiger partial charge is 0.469 e. The summed E-state index contributed by atoms with van der Waals surface area (Å²) in [6.45, 7) is 1.82. The van der Waals surface area contributed by atoms with E-state index in [1.807, 2.05) is 37.3 Å². The lowest BCUT2D eigenvalue weighted by molar-refractivity contribution is -0.141. The molecule has 0 aliphatic carbocycles. The molecule has 0 spiro atoms. The number of nitrogens with zero attached hydrogens (tertiary/aromatic N) is 1. The number of carbonyl (C=O) groups excluding carboxylic acids is 5. The topological polar surface area (TPSA) is 160 Å². The molecule has 1 atom stereocenters. The Morgan fingerprint density at radius 3 is 1.98 bits per heavy atom. The molecule has 1 aromatic heterocycles. The van der Waals surface area contributed by atoms with Crippen LogP contribution < -0.4 is 0 Å². The number of aliphatic imine (C=N–C) groups is 1. The maximum absolute atomic E-state index is 13.4. The number of aromatic nitrogens is 1. The highest BCUT2D eigenvalue weighted by molar-refractivity contribution is 5.91. The highest BCUT2D eigenvalue weighted by atomic mass is 16.5. The number of esters is 5. The number of rotatable bonds is 15. The number of methoxy groups -OCH3 is 4. The van der Waals surface area contributed by atoms with Gasteiger partial charge in [0.25, 0.3) is 0 Å². The number of nitrogens with one attached hydrogen (secondary N) is 1. The number of aromatic amines is 1. The lowest BCUT2D eigenvalue weighted by Crippen LogP contribution is -2.29. The van der Waals surface area contributed by atoms with Crippen molar-refractivity contribution in [2.75, 3.05) is 28.4 Å². The Morgan fingerprint density at radius 2 is 1.36 bits per heavy atom. The fourth-order valence-corrected chi connectivity index (χ4v) is 5.08. The molecule has 3 rings (SSSR count). The first kappa shape index (κ1) is 33.8. The lowest BCUT2D eigenvalue weighted by atomic mass is 9.83. The van der Waals surface area contributed by atoms with E-state index in [2.05, 4.69) is 4.98 Å². The highest BCUT2D eigenvalue weighted by Crippen LogP contribution is 2.38. The summed E-state index contributed by atoms with van der Waals surface area (Å²) >= 11 is 0. The molecule has 2 aromatic rings. The molecule has 0 amide bonds. The predicted octanol–water partition coefficient (Wildman–Crippen LogP) is 3.39. The van der Waals surface area contributed by atoms with Crippen LogP contribution in [-0.2, 0) is 68.7 Å². The average Bonchev–Trinajstić information content (AvgIpc) is 3.53. The summed E-state index contributed by atoms with van der Waals surface area (Å²) in [6.07, 6.45) is 1.89. The average molecular weight is 611 g/mol. The van der Waals surface area contributed by atoms with E-state index in [0.717, 1.165) is 5.56 Å². The van der Waals surface area contributed by atoms with E-state index in [-0.39, 0.29) is 50.8 Å². The first-order valence-corrected chi connectivity index (χ1v) is 14.0. The third kappa shape index (κ3) is 8.65. The van der Waals surface area contributed by atoms with Crippen LogP contribution in [0.25, 0.3) is 0 Å². The van der Waals surface area contributed by atoms with E-state index in [4.69, 9.17) is 28.7 Å². The molecule has 12 nitrogen and oxygen atoms in total. The van der Waals surface area contributed by atoms with Gasteiger partial charge >= 0.3 is 29.8 Å². The molecule has 0 saturated heterocycles. The first-order valence-electron chi connectivity index (χ1n) is 14.0. The standard InChI is InChI=1S/C32H38N2O10/c1-32(24(16-29(38)43-5)21(18-33-32)11-13-26(35)40-2)17-25-23(15-28(37)42-4)22(12-14-27(36)41-3)30(34-25)31(39)44-19-20-9-7-6-8-10-20/h6-10,18,34H,11-17,19H2,1-5H3. The van der Waals surface area contributed by atoms with Gasteiger partial charge in [-0.05, 0) is 47.6 Å². The third-order valence-corrected chi connectivity index (χ3v) is 7.52. The maximum Gasteiger partial charge on any atom is 0.355 e. The van der Waals surface area contributed by atoms with Gasteiger partial charge in [0.15, 0.2) is 0 Å². The fourth-order valence-electron chi connectivity index (χ4n) is 5.08. The first-order chi connectivity index (χ1) is 21.0. The van der Waals surface area contributed by atoms with Crippen molar-refractivity contribution in [3.8, 4) is 0 Å². The van der Waals surface area contributed by atoms with Crippen molar-refractivity contribution < 1.29 is 47.7 Å². The Hall–Kier alpha value is -4.74. The number of carbonyl (C=O) groups is 5. The summed E-state index contributed by atoms with van der Waals surface area (Å²) in [7, 11) is 5.10. The number of allylic oxidation sites excluding steroid dienone is 1. The summed E-state index contributed by atoms with van der Waals surface area (Å²) < 4.78 is 25.1. The van der Waals surface area contributed by atoms with Gasteiger partial charge in [-0.3, -0.25) is 24.2 Å². The minimum Gasteiger partial charge on any atom is -0.469 e. The third-order valence-electron chi connectivity index (χ3n) is 7.52. The molecule has 2 heterocycles. The van der Waals surface area contributed by atoms with Crippen molar-refractivity contribution in [3.05, 3.63) is 69.6 Å². The van der Waals surface area contributed by atoms with Crippen molar-refractivity contribution in [1.29, 1.82) is 0 Å². The second-order valence-corrected chi connectivity index (χ2v) is 10.4. The van der Waals surface area contributed by atoms with Crippen LogP contribution in [0.3, 0.4) is 0 Å². The van der Waals surface area contributed by atoms with Gasteiger partial charge in [0, 0.05) is 31.2 Å². The van der Waals surface area contributed by atoms with Crippen molar-refractivity contribution in [1.82, 2.24) is 4.98 Å². The van der Waals surface area contributed by atoms with E-state index in [1.165, 1.54) is 28.4 Å². The molecule has 1 aromatic carbocycles. The predicted molar refractivity (Wildman–Crippen MR) is 158 cm³/mol. The van der Waals surface area contributed by atoms with E-state index >= 15 is 0 Å². The van der Waals surface area contributed by atoms with Crippen molar-refractivity contribution >= 4 is 36.1 Å². The number of H-pyrrole nitrogens is 1. The number of hydrogen-bond donors (Lipinski definition) is 1. The number of hydrogen-bond acceptors (Lipinski definition) is 11. The molecule has 236 valence electrons. The van der Waals surface area contributed by atoms with Gasteiger partial charge in [-0.2, -0.15) is 0 Å². The molecule has 0 radical (unpaired) electrons. The van der Waals surface area contributed by atoms with E-state index in [0.29, 0.717) is 34.4 Å². The summed E-state index contributed by atoms with van der Waals surface area (Å²) in [5.41, 5.74) is 2.57. The Morgan fingerprint density at radius 1 is 0.773 bits per heavy atom. The summed E-state index contributed by atoms with van der Waals surface area (Å²) in [5.74, 6) is -2.62. The second-order valence-electron chi connectivity index (χ2n) is 10.4. The van der Waals surface area contributed by atoms with Crippen LogP contribution in [0.1, 0.15) is 65.5 Å². The molecule has 1 aliphatic heterocycles.